The van der Waals surface area contributed by atoms with Gasteiger partial charge in [-0.2, -0.15) is 5.10 Å². The Morgan fingerprint density at radius 3 is 2.51 bits per heavy atom. The predicted molar refractivity (Wildman–Crippen MR) is 148 cm³/mol. The maximum atomic E-state index is 13.4. The van der Waals surface area contributed by atoms with E-state index in [0.29, 0.717) is 10.5 Å². The van der Waals surface area contributed by atoms with Gasteiger partial charge >= 0.3 is 0 Å². The fourth-order valence-corrected chi connectivity index (χ4v) is 5.80. The molecule has 2 aromatic carbocycles. The van der Waals surface area contributed by atoms with Crippen LogP contribution in [0.15, 0.2) is 96.9 Å². The Bertz CT molecular complexity index is 1650. The highest BCUT2D eigenvalue weighted by Crippen LogP contribution is 2.26. The van der Waals surface area contributed by atoms with Crippen molar-refractivity contribution in [3.8, 4) is 16.3 Å². The van der Waals surface area contributed by atoms with Crippen LogP contribution in [0.4, 0.5) is 5.69 Å². The van der Waals surface area contributed by atoms with E-state index in [2.05, 4.69) is 22.0 Å². The van der Waals surface area contributed by atoms with Crippen LogP contribution in [0.1, 0.15) is 18.2 Å². The zero-order valence-corrected chi connectivity index (χ0v) is 22.6. The molecule has 0 aliphatic heterocycles. The summed E-state index contributed by atoms with van der Waals surface area (Å²) in [5.41, 5.74) is 4.60. The average Bonchev–Trinajstić information content (AvgIpc) is 3.57. The third-order valence-corrected chi connectivity index (χ3v) is 7.88. The molecule has 0 amide bonds. The van der Waals surface area contributed by atoms with Crippen molar-refractivity contribution in [2.24, 2.45) is 17.1 Å². The van der Waals surface area contributed by atoms with Crippen LogP contribution >= 0.6 is 38.6 Å². The fraction of sp³-hybridized carbons (Fsp3) is 0.115. The maximum Gasteiger partial charge on any atom is 0.297 e. The van der Waals surface area contributed by atoms with Crippen LogP contribution in [0.5, 0.6) is 0 Å². The molecule has 0 aliphatic carbocycles. The minimum atomic E-state index is -0.165. The van der Waals surface area contributed by atoms with E-state index in [0.717, 1.165) is 37.7 Å². The molecule has 5 rings (SSSR count). The highest BCUT2D eigenvalue weighted by Gasteiger charge is 2.17. The van der Waals surface area contributed by atoms with E-state index in [1.807, 2.05) is 102 Å². The van der Waals surface area contributed by atoms with Gasteiger partial charge in [0.25, 0.3) is 5.56 Å². The summed E-state index contributed by atoms with van der Waals surface area (Å²) in [5.74, 6) is 0. The molecule has 9 heteroatoms. The van der Waals surface area contributed by atoms with Crippen LogP contribution in [0.2, 0.25) is 0 Å². The van der Waals surface area contributed by atoms with Crippen molar-refractivity contribution < 1.29 is 0 Å². The van der Waals surface area contributed by atoms with Gasteiger partial charge in [0.05, 0.1) is 27.7 Å². The lowest BCUT2D eigenvalue weighted by Gasteiger charge is -2.07. The second kappa shape index (κ2) is 9.77. The van der Waals surface area contributed by atoms with Crippen molar-refractivity contribution in [2.75, 3.05) is 0 Å². The molecule has 0 saturated heterocycles. The molecule has 5 aromatic rings. The number of halogens is 1. The summed E-state index contributed by atoms with van der Waals surface area (Å²) in [6.07, 6.45) is 0. The Hall–Kier alpha value is -3.27. The number of hydrogen-bond acceptors (Lipinski definition) is 5. The van der Waals surface area contributed by atoms with Gasteiger partial charge in [-0.05, 0) is 55.1 Å². The predicted octanol–water partition coefficient (Wildman–Crippen LogP) is 6.34. The lowest BCUT2D eigenvalue weighted by Crippen LogP contribution is -2.20. The summed E-state index contributed by atoms with van der Waals surface area (Å²) in [6.45, 7) is 3.89. The molecule has 3 heterocycles. The van der Waals surface area contributed by atoms with Gasteiger partial charge in [0.15, 0.2) is 5.69 Å². The topological polar surface area (TPSA) is 56.6 Å². The molecule has 35 heavy (non-hydrogen) atoms. The van der Waals surface area contributed by atoms with Crippen LogP contribution in [0, 0.1) is 6.92 Å². The Balaban J connectivity index is 1.72. The van der Waals surface area contributed by atoms with Crippen molar-refractivity contribution in [1.29, 1.82) is 0 Å². The van der Waals surface area contributed by atoms with E-state index in [1.165, 1.54) is 11.3 Å². The van der Waals surface area contributed by atoms with Crippen LogP contribution in [-0.2, 0) is 7.05 Å². The Morgan fingerprint density at radius 1 is 1.00 bits per heavy atom. The third kappa shape index (κ3) is 4.54. The summed E-state index contributed by atoms with van der Waals surface area (Å²) in [5, 5.41) is 9.03. The van der Waals surface area contributed by atoms with Crippen LogP contribution in [0.25, 0.3) is 16.3 Å². The van der Waals surface area contributed by atoms with Crippen LogP contribution in [0.3, 0.4) is 0 Å². The number of thiazole rings is 1. The first-order chi connectivity index (χ1) is 16.9. The largest absolute Gasteiger partial charge is 0.297 e. The van der Waals surface area contributed by atoms with Gasteiger partial charge in [-0.15, -0.1) is 22.7 Å². The first-order valence-corrected chi connectivity index (χ1v) is 13.4. The van der Waals surface area contributed by atoms with Gasteiger partial charge in [-0.3, -0.25) is 9.48 Å². The van der Waals surface area contributed by atoms with Gasteiger partial charge in [0.1, 0.15) is 0 Å². The molecule has 0 radical (unpaired) electrons. The first kappa shape index (κ1) is 23.5. The smallest absolute Gasteiger partial charge is 0.283 e. The van der Waals surface area contributed by atoms with Crippen molar-refractivity contribution in [3.05, 3.63) is 108 Å². The molecule has 0 unspecified atom stereocenters. The minimum Gasteiger partial charge on any atom is -0.283 e. The van der Waals surface area contributed by atoms with Crippen molar-refractivity contribution >= 4 is 50.0 Å². The van der Waals surface area contributed by atoms with Crippen molar-refractivity contribution in [3.63, 3.8) is 0 Å². The van der Waals surface area contributed by atoms with E-state index < -0.39 is 0 Å². The molecule has 176 valence electrons. The van der Waals surface area contributed by atoms with Gasteiger partial charge < -0.3 is 0 Å². The lowest BCUT2D eigenvalue weighted by atomic mass is 10.1. The SMILES string of the molecule is CC(=Nn1c(-c2cccs2)csc1=Nc1c(C)n(C)n(-c2ccccc2)c1=O)c1cccc(Br)c1. The normalized spacial score (nSPS) is 12.5. The Kier molecular flexibility index (Phi) is 6.55. The van der Waals surface area contributed by atoms with E-state index in [9.17, 15) is 4.79 Å². The number of aromatic nitrogens is 3. The average molecular weight is 565 g/mol. The quantitative estimate of drug-likeness (QED) is 0.230. The fourth-order valence-electron chi connectivity index (χ4n) is 3.77. The van der Waals surface area contributed by atoms with E-state index in [1.54, 1.807) is 16.0 Å². The molecule has 0 fully saturated rings. The summed E-state index contributed by atoms with van der Waals surface area (Å²) in [7, 11) is 1.87. The molecule has 0 spiro atoms. The molecule has 0 aliphatic rings. The zero-order chi connectivity index (χ0) is 24.5. The maximum absolute atomic E-state index is 13.4. The van der Waals surface area contributed by atoms with Crippen molar-refractivity contribution in [2.45, 2.75) is 13.8 Å². The van der Waals surface area contributed by atoms with Crippen molar-refractivity contribution in [1.82, 2.24) is 14.0 Å². The van der Waals surface area contributed by atoms with Crippen LogP contribution in [-0.4, -0.2) is 19.8 Å². The molecular weight excluding hydrogens is 542 g/mol. The molecular formula is C26H22BrN5OS2. The third-order valence-electron chi connectivity index (χ3n) is 5.68. The molecule has 0 atom stereocenters. The summed E-state index contributed by atoms with van der Waals surface area (Å²) >= 11 is 6.65. The summed E-state index contributed by atoms with van der Waals surface area (Å²) < 4.78 is 6.31. The number of rotatable bonds is 5. The van der Waals surface area contributed by atoms with E-state index in [4.69, 9.17) is 10.1 Å². The highest BCUT2D eigenvalue weighted by atomic mass is 79.9. The van der Waals surface area contributed by atoms with E-state index in [-0.39, 0.29) is 5.56 Å². The molecule has 0 saturated carbocycles. The lowest BCUT2D eigenvalue weighted by molar-refractivity contribution is 0.630. The van der Waals surface area contributed by atoms with Crippen LogP contribution < -0.4 is 10.4 Å². The monoisotopic (exact) mass is 563 g/mol. The highest BCUT2D eigenvalue weighted by molar-refractivity contribution is 9.10. The molecule has 0 N–H and O–H groups in total. The second-order valence-electron chi connectivity index (χ2n) is 7.91. The zero-order valence-electron chi connectivity index (χ0n) is 19.3. The van der Waals surface area contributed by atoms with Gasteiger partial charge in [-0.25, -0.2) is 14.4 Å². The summed E-state index contributed by atoms with van der Waals surface area (Å²) in [4.78, 5) is 20.0. The number of benzene rings is 2. The Labute approximate surface area is 218 Å². The van der Waals surface area contributed by atoms with E-state index >= 15 is 0 Å². The minimum absolute atomic E-state index is 0.165. The van der Waals surface area contributed by atoms with Gasteiger partial charge in [0, 0.05) is 16.9 Å². The Morgan fingerprint density at radius 2 is 1.80 bits per heavy atom. The first-order valence-electron chi connectivity index (χ1n) is 10.9. The molecule has 3 aromatic heterocycles. The number of nitrogens with zero attached hydrogens (tertiary/aromatic N) is 5. The molecule has 0 bridgehead atoms. The van der Waals surface area contributed by atoms with Gasteiger partial charge in [-0.1, -0.05) is 52.3 Å². The van der Waals surface area contributed by atoms with Gasteiger partial charge in [0.2, 0.25) is 4.80 Å². The number of hydrogen-bond donors (Lipinski definition) is 0. The summed E-state index contributed by atoms with van der Waals surface area (Å²) in [6, 6.07) is 21.7. The standard InChI is InChI=1S/C26H22BrN5OS2/c1-17(19-9-7-10-20(27)15-19)29-31-22(23-13-8-14-34-23)16-35-26(31)28-24-18(2)30(3)32(25(24)33)21-11-5-4-6-12-21/h4-16H,1-3H3. The number of para-hydroxylation sites is 1. The number of thiophene rings is 1. The second-order valence-corrected chi connectivity index (χ2v) is 10.6. The molecule has 6 nitrogen and oxygen atoms in total.